The second-order valence-electron chi connectivity index (χ2n) is 2.77. The third kappa shape index (κ3) is 3.32. The fourth-order valence-electron chi connectivity index (χ4n) is 0.957. The molecule has 0 aliphatic rings. The Bertz CT molecular complexity index is 338. The van der Waals surface area contributed by atoms with Gasteiger partial charge in [-0.05, 0) is 24.7 Å². The minimum Gasteiger partial charge on any atom is -0.494 e. The van der Waals surface area contributed by atoms with Crippen LogP contribution in [0.2, 0.25) is 0 Å². The van der Waals surface area contributed by atoms with Gasteiger partial charge in [-0.15, -0.1) is 11.3 Å². The number of nitrogens with one attached hydrogen (secondary N) is 1. The van der Waals surface area contributed by atoms with Crippen LogP contribution in [0.3, 0.4) is 0 Å². The average Bonchev–Trinajstić information content (AvgIpc) is 2.39. The molecule has 0 aliphatic carbocycles. The summed E-state index contributed by atoms with van der Waals surface area (Å²) in [5.41, 5.74) is 0. The van der Waals surface area contributed by atoms with Crippen molar-refractivity contribution in [3.05, 3.63) is 14.9 Å². The zero-order valence-corrected chi connectivity index (χ0v) is 9.17. The minimum absolute atomic E-state index is 0.183. The minimum atomic E-state index is 0.183. The fourth-order valence-corrected chi connectivity index (χ4v) is 1.98. The highest BCUT2D eigenvalue weighted by molar-refractivity contribution is 7.73. The highest BCUT2D eigenvalue weighted by Crippen LogP contribution is 2.22. The summed E-state index contributed by atoms with van der Waals surface area (Å²) in [6.07, 6.45) is 7.42. The molecule has 2 nitrogen and oxygen atoms in total. The van der Waals surface area contributed by atoms with Crippen molar-refractivity contribution in [3.63, 3.8) is 0 Å². The largest absolute Gasteiger partial charge is 0.494 e. The number of allylic oxidation sites excluding steroid dienone is 1. The van der Waals surface area contributed by atoms with Gasteiger partial charge in [-0.3, -0.25) is 0 Å². The predicted octanol–water partition coefficient (Wildman–Crippen LogP) is 3.71. The summed E-state index contributed by atoms with van der Waals surface area (Å²) in [4.78, 5) is 3.51. The van der Waals surface area contributed by atoms with E-state index in [4.69, 9.17) is 12.2 Å². The van der Waals surface area contributed by atoms with Crippen molar-refractivity contribution >= 4 is 29.6 Å². The van der Waals surface area contributed by atoms with Gasteiger partial charge in [0.1, 0.15) is 0 Å². The van der Waals surface area contributed by atoms with Crippen LogP contribution in [-0.2, 0) is 0 Å². The first-order valence-electron chi connectivity index (χ1n) is 4.32. The van der Waals surface area contributed by atoms with Crippen LogP contribution < -0.4 is 0 Å². The van der Waals surface area contributed by atoms with Crippen molar-refractivity contribution < 1.29 is 5.11 Å². The normalized spacial score (nSPS) is 11.2. The monoisotopic (exact) mass is 215 g/mol. The number of thiazole rings is 1. The molecule has 0 aliphatic heterocycles. The van der Waals surface area contributed by atoms with E-state index in [-0.39, 0.29) is 5.88 Å². The predicted molar refractivity (Wildman–Crippen MR) is 59.7 cm³/mol. The summed E-state index contributed by atoms with van der Waals surface area (Å²) in [6.45, 7) is 2.16. The molecule has 0 atom stereocenters. The first-order chi connectivity index (χ1) is 6.24. The van der Waals surface area contributed by atoms with Crippen molar-refractivity contribution in [3.8, 4) is 5.88 Å². The van der Waals surface area contributed by atoms with Crippen LogP contribution in [0.15, 0.2) is 6.08 Å². The Hall–Kier alpha value is -0.610. The van der Waals surface area contributed by atoms with Crippen molar-refractivity contribution in [1.29, 1.82) is 0 Å². The SMILES string of the molecule is CCCC/C=C\c1sc(=S)[nH]c1O. The van der Waals surface area contributed by atoms with Crippen LogP contribution in [0.4, 0.5) is 0 Å². The third-order valence-electron chi connectivity index (χ3n) is 1.65. The Labute approximate surface area is 86.9 Å². The Morgan fingerprint density at radius 3 is 2.92 bits per heavy atom. The lowest BCUT2D eigenvalue weighted by molar-refractivity contribution is 0.456. The molecule has 0 saturated heterocycles. The highest BCUT2D eigenvalue weighted by atomic mass is 32.1. The number of aromatic amines is 1. The molecule has 0 saturated carbocycles. The molecule has 0 radical (unpaired) electrons. The van der Waals surface area contributed by atoms with E-state index in [1.54, 1.807) is 0 Å². The van der Waals surface area contributed by atoms with Gasteiger partial charge in [0.25, 0.3) is 0 Å². The summed E-state index contributed by atoms with van der Waals surface area (Å²) >= 11 is 6.29. The molecule has 0 spiro atoms. The molecule has 0 amide bonds. The van der Waals surface area contributed by atoms with Crippen LogP contribution in [0, 0.1) is 3.95 Å². The number of aromatic nitrogens is 1. The molecule has 2 N–H and O–H groups in total. The van der Waals surface area contributed by atoms with Gasteiger partial charge in [-0.1, -0.05) is 25.8 Å². The fraction of sp³-hybridized carbons (Fsp3) is 0.444. The van der Waals surface area contributed by atoms with E-state index in [1.165, 1.54) is 24.2 Å². The molecule has 1 heterocycles. The zero-order valence-electron chi connectivity index (χ0n) is 7.54. The molecule has 0 unspecified atom stereocenters. The first-order valence-corrected chi connectivity index (χ1v) is 5.55. The smallest absolute Gasteiger partial charge is 0.207 e. The Morgan fingerprint density at radius 2 is 2.38 bits per heavy atom. The molecule has 4 heteroatoms. The molecular weight excluding hydrogens is 202 g/mol. The van der Waals surface area contributed by atoms with E-state index < -0.39 is 0 Å². The van der Waals surface area contributed by atoms with E-state index in [0.717, 1.165) is 11.3 Å². The summed E-state index contributed by atoms with van der Waals surface area (Å²) in [6, 6.07) is 0. The van der Waals surface area contributed by atoms with E-state index in [9.17, 15) is 5.11 Å². The summed E-state index contributed by atoms with van der Waals surface area (Å²) in [5.74, 6) is 0.183. The quantitative estimate of drug-likeness (QED) is 0.593. The maximum atomic E-state index is 9.32. The molecule has 0 bridgehead atoms. The lowest BCUT2D eigenvalue weighted by Crippen LogP contribution is -1.68. The van der Waals surface area contributed by atoms with Crippen LogP contribution >= 0.6 is 23.6 Å². The van der Waals surface area contributed by atoms with Crippen LogP contribution in [0.1, 0.15) is 31.1 Å². The van der Waals surface area contributed by atoms with E-state index in [1.807, 2.05) is 6.08 Å². The third-order valence-corrected chi connectivity index (χ3v) is 2.84. The van der Waals surface area contributed by atoms with E-state index in [0.29, 0.717) is 3.95 Å². The van der Waals surface area contributed by atoms with Crippen LogP contribution in [-0.4, -0.2) is 10.1 Å². The number of H-pyrrole nitrogens is 1. The molecule has 72 valence electrons. The highest BCUT2D eigenvalue weighted by Gasteiger charge is 1.98. The summed E-state index contributed by atoms with van der Waals surface area (Å²) in [5, 5.41) is 9.32. The molecule has 13 heavy (non-hydrogen) atoms. The Morgan fingerprint density at radius 1 is 1.62 bits per heavy atom. The molecule has 0 aromatic carbocycles. The lowest BCUT2D eigenvalue weighted by atomic mass is 10.2. The number of rotatable bonds is 4. The zero-order chi connectivity index (χ0) is 9.68. The maximum absolute atomic E-state index is 9.32. The molecule has 1 aromatic rings. The summed E-state index contributed by atoms with van der Waals surface area (Å²) < 4.78 is 0.618. The van der Waals surface area contributed by atoms with Crippen LogP contribution in [0.25, 0.3) is 6.08 Å². The molecular formula is C9H13NOS2. The Kier molecular flexibility index (Phi) is 4.18. The van der Waals surface area contributed by atoms with Gasteiger partial charge in [0, 0.05) is 0 Å². The Balaban J connectivity index is 2.58. The van der Waals surface area contributed by atoms with Gasteiger partial charge in [0.05, 0.1) is 4.88 Å². The summed E-state index contributed by atoms with van der Waals surface area (Å²) in [7, 11) is 0. The lowest BCUT2D eigenvalue weighted by Gasteiger charge is -1.88. The standard InChI is InChI=1S/C9H13NOS2/c1-2-3-4-5-6-7-8(11)10-9(12)13-7/h5-6,11H,2-4H2,1H3,(H,10,12)/b6-5-. The topological polar surface area (TPSA) is 36.0 Å². The van der Waals surface area contributed by atoms with E-state index in [2.05, 4.69) is 18.0 Å². The van der Waals surface area contributed by atoms with Crippen molar-refractivity contribution in [2.24, 2.45) is 0 Å². The number of unbranched alkanes of at least 4 members (excludes halogenated alkanes) is 2. The van der Waals surface area contributed by atoms with Crippen molar-refractivity contribution in [2.75, 3.05) is 0 Å². The van der Waals surface area contributed by atoms with Gasteiger partial charge in [0.15, 0.2) is 3.95 Å². The molecule has 1 rings (SSSR count). The maximum Gasteiger partial charge on any atom is 0.207 e. The van der Waals surface area contributed by atoms with Gasteiger partial charge in [-0.2, -0.15) is 0 Å². The number of aromatic hydroxyl groups is 1. The van der Waals surface area contributed by atoms with Crippen LogP contribution in [0.5, 0.6) is 5.88 Å². The van der Waals surface area contributed by atoms with Gasteiger partial charge in [0.2, 0.25) is 5.88 Å². The number of hydrogen-bond donors (Lipinski definition) is 2. The second kappa shape index (κ2) is 5.19. The van der Waals surface area contributed by atoms with E-state index >= 15 is 0 Å². The van der Waals surface area contributed by atoms with Crippen molar-refractivity contribution in [1.82, 2.24) is 4.98 Å². The molecule has 0 fully saturated rings. The van der Waals surface area contributed by atoms with Crippen molar-refractivity contribution in [2.45, 2.75) is 26.2 Å². The van der Waals surface area contributed by atoms with Gasteiger partial charge >= 0.3 is 0 Å². The first kappa shape index (κ1) is 10.5. The van der Waals surface area contributed by atoms with Gasteiger partial charge < -0.3 is 10.1 Å². The second-order valence-corrected chi connectivity index (χ2v) is 4.49. The average molecular weight is 215 g/mol. The number of hydrogen-bond acceptors (Lipinski definition) is 3. The van der Waals surface area contributed by atoms with Gasteiger partial charge in [-0.25, -0.2) is 0 Å². The molecule has 1 aromatic heterocycles.